The molecule has 0 aromatic heterocycles. The van der Waals surface area contributed by atoms with Gasteiger partial charge in [0.15, 0.2) is 0 Å². The largest absolute Gasteiger partial charge is 0.462 e. The van der Waals surface area contributed by atoms with Gasteiger partial charge in [-0.25, -0.2) is 0 Å². The molecular formula is C12H20Cl2O4. The van der Waals surface area contributed by atoms with E-state index in [9.17, 15) is 9.59 Å². The standard InChI is InChI=1S/C12H20Cl2O4/c1-7(2)17-11(15)9(13)5-6-10(14)12(16)18-8(3)4/h7-10H,5-6H2,1-4H3. The van der Waals surface area contributed by atoms with Crippen molar-refractivity contribution in [2.75, 3.05) is 0 Å². The number of ether oxygens (including phenoxy) is 2. The molecule has 0 saturated heterocycles. The molecule has 0 aromatic rings. The van der Waals surface area contributed by atoms with E-state index in [1.165, 1.54) is 0 Å². The summed E-state index contributed by atoms with van der Waals surface area (Å²) >= 11 is 11.7. The van der Waals surface area contributed by atoms with Crippen LogP contribution in [0.5, 0.6) is 0 Å². The van der Waals surface area contributed by atoms with E-state index in [0.717, 1.165) is 0 Å². The van der Waals surface area contributed by atoms with Gasteiger partial charge in [0, 0.05) is 0 Å². The van der Waals surface area contributed by atoms with Crippen LogP contribution in [-0.4, -0.2) is 34.9 Å². The predicted octanol–water partition coefficient (Wildman–Crippen LogP) is 2.88. The van der Waals surface area contributed by atoms with E-state index in [1.807, 2.05) is 0 Å². The molecule has 6 heteroatoms. The minimum absolute atomic E-state index is 0.212. The maximum atomic E-state index is 11.4. The Bertz CT molecular complexity index is 251. The Kier molecular flexibility index (Phi) is 8.36. The van der Waals surface area contributed by atoms with Crippen molar-refractivity contribution < 1.29 is 19.1 Å². The Morgan fingerprint density at radius 1 is 0.833 bits per heavy atom. The van der Waals surface area contributed by atoms with E-state index in [-0.39, 0.29) is 25.0 Å². The molecule has 0 bridgehead atoms. The summed E-state index contributed by atoms with van der Waals surface area (Å²) < 4.78 is 9.88. The monoisotopic (exact) mass is 298 g/mol. The van der Waals surface area contributed by atoms with Gasteiger partial charge in [0.25, 0.3) is 0 Å². The second-order valence-corrected chi connectivity index (χ2v) is 5.54. The fourth-order valence-electron chi connectivity index (χ4n) is 1.14. The zero-order valence-electron chi connectivity index (χ0n) is 11.1. The maximum Gasteiger partial charge on any atom is 0.324 e. The number of hydrogen-bond donors (Lipinski definition) is 0. The summed E-state index contributed by atoms with van der Waals surface area (Å²) in [5.41, 5.74) is 0. The van der Waals surface area contributed by atoms with Gasteiger partial charge in [-0.3, -0.25) is 9.59 Å². The molecule has 0 saturated carbocycles. The molecule has 0 fully saturated rings. The predicted molar refractivity (Wildman–Crippen MR) is 71.0 cm³/mol. The third-order valence-electron chi connectivity index (χ3n) is 1.89. The van der Waals surface area contributed by atoms with Crippen LogP contribution >= 0.6 is 23.2 Å². The molecular weight excluding hydrogens is 279 g/mol. The molecule has 0 aliphatic carbocycles. The molecule has 0 aromatic carbocycles. The summed E-state index contributed by atoms with van der Waals surface area (Å²) in [6, 6.07) is 0. The highest BCUT2D eigenvalue weighted by Crippen LogP contribution is 2.15. The molecule has 0 aliphatic rings. The Morgan fingerprint density at radius 3 is 1.33 bits per heavy atom. The minimum Gasteiger partial charge on any atom is -0.462 e. The van der Waals surface area contributed by atoms with Crippen LogP contribution in [0, 0.1) is 0 Å². The lowest BCUT2D eigenvalue weighted by atomic mass is 10.2. The van der Waals surface area contributed by atoms with Crippen molar-refractivity contribution in [1.29, 1.82) is 0 Å². The van der Waals surface area contributed by atoms with E-state index in [2.05, 4.69) is 0 Å². The number of esters is 2. The Balaban J connectivity index is 4.01. The van der Waals surface area contributed by atoms with Crippen LogP contribution < -0.4 is 0 Å². The van der Waals surface area contributed by atoms with Crippen LogP contribution in [0.4, 0.5) is 0 Å². The number of carbonyl (C=O) groups excluding carboxylic acids is 2. The van der Waals surface area contributed by atoms with E-state index < -0.39 is 22.7 Å². The normalized spacial score (nSPS) is 14.4. The molecule has 18 heavy (non-hydrogen) atoms. The summed E-state index contributed by atoms with van der Waals surface area (Å²) in [6.07, 6.45) is 0.121. The molecule has 0 radical (unpaired) electrons. The average Bonchev–Trinajstić information content (AvgIpc) is 2.23. The average molecular weight is 299 g/mol. The first-order valence-electron chi connectivity index (χ1n) is 5.93. The molecule has 0 heterocycles. The van der Waals surface area contributed by atoms with Crippen LogP contribution in [0.2, 0.25) is 0 Å². The van der Waals surface area contributed by atoms with E-state index in [4.69, 9.17) is 32.7 Å². The minimum atomic E-state index is -0.791. The molecule has 2 unspecified atom stereocenters. The van der Waals surface area contributed by atoms with Crippen LogP contribution in [0.25, 0.3) is 0 Å². The van der Waals surface area contributed by atoms with Crippen LogP contribution in [0.1, 0.15) is 40.5 Å². The quantitative estimate of drug-likeness (QED) is 0.536. The Labute approximate surface area is 118 Å². The van der Waals surface area contributed by atoms with Gasteiger partial charge in [0.1, 0.15) is 10.8 Å². The molecule has 2 atom stereocenters. The van der Waals surface area contributed by atoms with Crippen molar-refractivity contribution in [3.63, 3.8) is 0 Å². The molecule has 0 amide bonds. The van der Waals surface area contributed by atoms with Crippen molar-refractivity contribution >= 4 is 35.1 Å². The van der Waals surface area contributed by atoms with E-state index in [1.54, 1.807) is 27.7 Å². The van der Waals surface area contributed by atoms with Gasteiger partial charge in [-0.2, -0.15) is 0 Å². The fourth-order valence-corrected chi connectivity index (χ4v) is 1.50. The zero-order valence-corrected chi connectivity index (χ0v) is 12.6. The highest BCUT2D eigenvalue weighted by molar-refractivity contribution is 6.31. The Hall–Kier alpha value is -0.480. The molecule has 4 nitrogen and oxygen atoms in total. The van der Waals surface area contributed by atoms with Gasteiger partial charge in [-0.1, -0.05) is 0 Å². The lowest BCUT2D eigenvalue weighted by molar-refractivity contribution is -0.149. The molecule has 0 spiro atoms. The summed E-state index contributed by atoms with van der Waals surface area (Å²) in [5, 5.41) is -1.58. The molecule has 106 valence electrons. The number of alkyl halides is 2. The van der Waals surface area contributed by atoms with Crippen molar-refractivity contribution in [1.82, 2.24) is 0 Å². The highest BCUT2D eigenvalue weighted by atomic mass is 35.5. The van der Waals surface area contributed by atoms with Crippen LogP contribution in [-0.2, 0) is 19.1 Å². The van der Waals surface area contributed by atoms with Crippen molar-refractivity contribution in [3.8, 4) is 0 Å². The van der Waals surface area contributed by atoms with Gasteiger partial charge in [0.2, 0.25) is 0 Å². The smallest absolute Gasteiger partial charge is 0.324 e. The van der Waals surface area contributed by atoms with E-state index >= 15 is 0 Å². The number of halogens is 2. The van der Waals surface area contributed by atoms with Gasteiger partial charge in [-0.15, -0.1) is 23.2 Å². The summed E-state index contributed by atoms with van der Waals surface area (Å²) in [6.45, 7) is 6.97. The van der Waals surface area contributed by atoms with Gasteiger partial charge >= 0.3 is 11.9 Å². The Morgan fingerprint density at radius 2 is 1.11 bits per heavy atom. The van der Waals surface area contributed by atoms with Gasteiger partial charge in [0.05, 0.1) is 12.2 Å². The van der Waals surface area contributed by atoms with Gasteiger partial charge < -0.3 is 9.47 Å². The van der Waals surface area contributed by atoms with Crippen LogP contribution in [0.3, 0.4) is 0 Å². The third-order valence-corrected chi connectivity index (χ3v) is 2.68. The maximum absolute atomic E-state index is 11.4. The third kappa shape index (κ3) is 7.77. The summed E-state index contributed by atoms with van der Waals surface area (Å²) in [4.78, 5) is 22.8. The summed E-state index contributed by atoms with van der Waals surface area (Å²) in [7, 11) is 0. The highest BCUT2D eigenvalue weighted by Gasteiger charge is 2.23. The first-order valence-corrected chi connectivity index (χ1v) is 6.80. The second-order valence-electron chi connectivity index (χ2n) is 4.48. The van der Waals surface area contributed by atoms with Gasteiger partial charge in [-0.05, 0) is 40.5 Å². The molecule has 0 rings (SSSR count). The first-order chi connectivity index (χ1) is 8.23. The summed E-state index contributed by atoms with van der Waals surface area (Å²) in [5.74, 6) is -0.986. The number of rotatable bonds is 7. The SMILES string of the molecule is CC(C)OC(=O)C(Cl)CCC(Cl)C(=O)OC(C)C. The molecule has 0 N–H and O–H groups in total. The zero-order chi connectivity index (χ0) is 14.3. The lowest BCUT2D eigenvalue weighted by Gasteiger charge is -2.15. The van der Waals surface area contributed by atoms with Crippen molar-refractivity contribution in [3.05, 3.63) is 0 Å². The van der Waals surface area contributed by atoms with Crippen molar-refractivity contribution in [2.45, 2.75) is 63.5 Å². The van der Waals surface area contributed by atoms with Crippen molar-refractivity contribution in [2.24, 2.45) is 0 Å². The molecule has 0 aliphatic heterocycles. The lowest BCUT2D eigenvalue weighted by Crippen LogP contribution is -2.25. The number of carbonyl (C=O) groups is 2. The van der Waals surface area contributed by atoms with Crippen LogP contribution in [0.15, 0.2) is 0 Å². The topological polar surface area (TPSA) is 52.6 Å². The van der Waals surface area contributed by atoms with E-state index in [0.29, 0.717) is 0 Å². The first kappa shape index (κ1) is 17.5. The number of hydrogen-bond acceptors (Lipinski definition) is 4. The second kappa shape index (κ2) is 8.59. The fraction of sp³-hybridized carbons (Fsp3) is 0.833.